The summed E-state index contributed by atoms with van der Waals surface area (Å²) in [6.07, 6.45) is 2.49. The highest BCUT2D eigenvalue weighted by atomic mass is 32.2. The number of rotatable bonds is 6. The highest BCUT2D eigenvalue weighted by molar-refractivity contribution is 7.99. The van der Waals surface area contributed by atoms with Crippen LogP contribution in [0.25, 0.3) is 0 Å². The lowest BCUT2D eigenvalue weighted by Gasteiger charge is -2.11. The summed E-state index contributed by atoms with van der Waals surface area (Å²) in [5.74, 6) is 0.793. The van der Waals surface area contributed by atoms with Crippen LogP contribution in [0.3, 0.4) is 0 Å². The maximum absolute atomic E-state index is 11.6. The molecule has 0 aliphatic rings. The Kier molecular flexibility index (Phi) is 4.27. The first kappa shape index (κ1) is 13.0. The van der Waals surface area contributed by atoms with Gasteiger partial charge in [-0.25, -0.2) is 9.89 Å². The third-order valence-corrected chi connectivity index (χ3v) is 3.72. The van der Waals surface area contributed by atoms with Crippen molar-refractivity contribution in [3.05, 3.63) is 34.6 Å². The molecule has 98 valence electrons. The first-order chi connectivity index (χ1) is 8.76. The molecular weight excluding hydrogens is 252 g/mol. The van der Waals surface area contributed by atoms with E-state index in [1.165, 1.54) is 11.8 Å². The molecular formula is C11H16N4O2S. The zero-order chi connectivity index (χ0) is 13.0. The molecule has 1 unspecified atom stereocenters. The molecule has 0 aliphatic carbocycles. The highest BCUT2D eigenvalue weighted by Crippen LogP contribution is 2.32. The number of nitrogens with two attached hydrogens (primary N) is 1. The van der Waals surface area contributed by atoms with E-state index < -0.39 is 0 Å². The molecule has 0 aromatic carbocycles. The molecule has 0 radical (unpaired) electrons. The summed E-state index contributed by atoms with van der Waals surface area (Å²) in [7, 11) is 0. The second-order valence-electron chi connectivity index (χ2n) is 3.82. The Morgan fingerprint density at radius 1 is 1.67 bits per heavy atom. The number of hydrogen-bond donors (Lipinski definition) is 2. The molecule has 2 heterocycles. The van der Waals surface area contributed by atoms with E-state index in [1.807, 2.05) is 19.1 Å². The van der Waals surface area contributed by atoms with Crippen molar-refractivity contribution >= 4 is 11.8 Å². The summed E-state index contributed by atoms with van der Waals surface area (Å²) >= 11 is 1.44. The van der Waals surface area contributed by atoms with Crippen molar-refractivity contribution in [2.24, 2.45) is 5.73 Å². The second-order valence-corrected chi connectivity index (χ2v) is 4.99. The molecule has 6 nitrogen and oxygen atoms in total. The summed E-state index contributed by atoms with van der Waals surface area (Å²) in [6.45, 7) is 3.08. The molecule has 2 rings (SSSR count). The zero-order valence-electron chi connectivity index (χ0n) is 10.1. The van der Waals surface area contributed by atoms with E-state index in [0.717, 1.165) is 12.2 Å². The lowest BCUT2D eigenvalue weighted by Crippen LogP contribution is -2.18. The van der Waals surface area contributed by atoms with E-state index in [1.54, 1.807) is 10.8 Å². The summed E-state index contributed by atoms with van der Waals surface area (Å²) in [5.41, 5.74) is 5.55. The molecule has 0 aliphatic heterocycles. The fourth-order valence-electron chi connectivity index (χ4n) is 1.64. The first-order valence-corrected chi connectivity index (χ1v) is 6.69. The molecule has 0 fully saturated rings. The van der Waals surface area contributed by atoms with Gasteiger partial charge in [0, 0.05) is 13.1 Å². The van der Waals surface area contributed by atoms with E-state index in [2.05, 4.69) is 10.2 Å². The van der Waals surface area contributed by atoms with Crippen LogP contribution in [0.15, 0.2) is 32.8 Å². The van der Waals surface area contributed by atoms with Gasteiger partial charge in [0.25, 0.3) is 0 Å². The number of nitrogens with zero attached hydrogens (tertiary/aromatic N) is 2. The van der Waals surface area contributed by atoms with Gasteiger partial charge in [-0.2, -0.15) is 0 Å². The fourth-order valence-corrected chi connectivity index (χ4v) is 2.64. The smallest absolute Gasteiger partial charge is 0.343 e. The second kappa shape index (κ2) is 5.92. The molecule has 7 heteroatoms. The number of furan rings is 1. The topological polar surface area (TPSA) is 89.8 Å². The standard InChI is InChI=1S/C11H16N4O2S/c1-2-5-15-10(16)13-14-11(15)18-9(7-12)8-4-3-6-17-8/h3-4,6,9H,2,5,7,12H2,1H3,(H,13,16). The summed E-state index contributed by atoms with van der Waals surface area (Å²) in [5, 5.41) is 7.10. The molecule has 0 spiro atoms. The minimum Gasteiger partial charge on any atom is -0.468 e. The van der Waals surface area contributed by atoms with Crippen molar-refractivity contribution < 1.29 is 4.42 Å². The van der Waals surface area contributed by atoms with Crippen LogP contribution in [-0.4, -0.2) is 21.3 Å². The third kappa shape index (κ3) is 2.68. The predicted molar refractivity (Wildman–Crippen MR) is 69.5 cm³/mol. The van der Waals surface area contributed by atoms with Crippen molar-refractivity contribution in [3.8, 4) is 0 Å². The molecule has 0 bridgehead atoms. The van der Waals surface area contributed by atoms with Crippen LogP contribution in [0.4, 0.5) is 0 Å². The monoisotopic (exact) mass is 268 g/mol. The van der Waals surface area contributed by atoms with Gasteiger partial charge in [-0.3, -0.25) is 4.57 Å². The van der Waals surface area contributed by atoms with Gasteiger partial charge >= 0.3 is 5.69 Å². The number of thioether (sulfide) groups is 1. The average Bonchev–Trinajstić information content (AvgIpc) is 3.00. The lowest BCUT2D eigenvalue weighted by molar-refractivity contribution is 0.506. The van der Waals surface area contributed by atoms with E-state index >= 15 is 0 Å². The van der Waals surface area contributed by atoms with Gasteiger partial charge in [-0.05, 0) is 18.6 Å². The molecule has 3 N–H and O–H groups in total. The molecule has 0 saturated carbocycles. The lowest BCUT2D eigenvalue weighted by atomic mass is 10.3. The van der Waals surface area contributed by atoms with Crippen molar-refractivity contribution in [1.29, 1.82) is 0 Å². The van der Waals surface area contributed by atoms with Gasteiger partial charge in [0.2, 0.25) is 0 Å². The molecule has 0 amide bonds. The minimum absolute atomic E-state index is 0.0363. The molecule has 1 atom stereocenters. The number of H-pyrrole nitrogens is 1. The van der Waals surface area contributed by atoms with Crippen LogP contribution in [0.1, 0.15) is 24.4 Å². The van der Waals surface area contributed by atoms with Gasteiger partial charge in [-0.15, -0.1) is 5.10 Å². The SMILES string of the molecule is CCCn1c(SC(CN)c2ccco2)n[nH]c1=O. The molecule has 2 aromatic heterocycles. The fraction of sp³-hybridized carbons (Fsp3) is 0.455. The maximum atomic E-state index is 11.6. The molecule has 0 saturated heterocycles. The zero-order valence-corrected chi connectivity index (χ0v) is 10.9. The Balaban J connectivity index is 2.20. The van der Waals surface area contributed by atoms with E-state index in [9.17, 15) is 4.79 Å². The Bertz CT molecular complexity index is 531. The van der Waals surface area contributed by atoms with Gasteiger partial charge < -0.3 is 10.2 Å². The van der Waals surface area contributed by atoms with Crippen LogP contribution in [0.2, 0.25) is 0 Å². The van der Waals surface area contributed by atoms with Crippen LogP contribution in [0, 0.1) is 0 Å². The van der Waals surface area contributed by atoms with Crippen molar-refractivity contribution in [3.63, 3.8) is 0 Å². The number of hydrogen-bond acceptors (Lipinski definition) is 5. The van der Waals surface area contributed by atoms with Gasteiger partial charge in [0.15, 0.2) is 5.16 Å². The maximum Gasteiger partial charge on any atom is 0.343 e. The quantitative estimate of drug-likeness (QED) is 0.772. The predicted octanol–water partition coefficient (Wildman–Crippen LogP) is 1.37. The van der Waals surface area contributed by atoms with E-state index in [4.69, 9.17) is 10.2 Å². The Morgan fingerprint density at radius 2 is 2.50 bits per heavy atom. The van der Waals surface area contributed by atoms with E-state index in [-0.39, 0.29) is 10.9 Å². The minimum atomic E-state index is -0.186. The number of aromatic nitrogens is 3. The largest absolute Gasteiger partial charge is 0.468 e. The number of nitrogens with one attached hydrogen (secondary N) is 1. The summed E-state index contributed by atoms with van der Waals surface area (Å²) in [4.78, 5) is 11.6. The van der Waals surface area contributed by atoms with Crippen LogP contribution >= 0.6 is 11.8 Å². The Hall–Kier alpha value is -1.47. The van der Waals surface area contributed by atoms with Gasteiger partial charge in [0.1, 0.15) is 5.76 Å². The normalized spacial score (nSPS) is 12.8. The van der Waals surface area contributed by atoms with E-state index in [0.29, 0.717) is 18.2 Å². The summed E-state index contributed by atoms with van der Waals surface area (Å²) < 4.78 is 6.96. The van der Waals surface area contributed by atoms with Crippen molar-refractivity contribution in [1.82, 2.24) is 14.8 Å². The van der Waals surface area contributed by atoms with Crippen LogP contribution in [0.5, 0.6) is 0 Å². The van der Waals surface area contributed by atoms with Crippen molar-refractivity contribution in [2.75, 3.05) is 6.54 Å². The molecule has 18 heavy (non-hydrogen) atoms. The average molecular weight is 268 g/mol. The summed E-state index contributed by atoms with van der Waals surface area (Å²) in [6, 6.07) is 3.70. The van der Waals surface area contributed by atoms with Crippen molar-refractivity contribution in [2.45, 2.75) is 30.3 Å². The Morgan fingerprint density at radius 3 is 3.11 bits per heavy atom. The highest BCUT2D eigenvalue weighted by Gasteiger charge is 2.18. The molecule has 2 aromatic rings. The van der Waals surface area contributed by atoms with Gasteiger partial charge in [0.05, 0.1) is 11.5 Å². The third-order valence-electron chi connectivity index (χ3n) is 2.49. The van der Waals surface area contributed by atoms with Crippen LogP contribution < -0.4 is 11.4 Å². The number of aromatic amines is 1. The van der Waals surface area contributed by atoms with Gasteiger partial charge in [-0.1, -0.05) is 18.7 Å². The first-order valence-electron chi connectivity index (χ1n) is 5.81. The Labute approximate surface area is 109 Å². The van der Waals surface area contributed by atoms with Crippen LogP contribution in [-0.2, 0) is 6.54 Å².